The lowest BCUT2D eigenvalue weighted by Crippen LogP contribution is -2.26. The van der Waals surface area contributed by atoms with Crippen molar-refractivity contribution in [1.29, 1.82) is 0 Å². The number of nitro groups is 1. The van der Waals surface area contributed by atoms with E-state index in [4.69, 9.17) is 16.0 Å². The minimum atomic E-state index is -0.604. The molecule has 1 aromatic heterocycles. The van der Waals surface area contributed by atoms with Crippen LogP contribution in [0.5, 0.6) is 0 Å². The first kappa shape index (κ1) is 19.6. The number of hydrogen-bond acceptors (Lipinski definition) is 5. The molecule has 3 rings (SSSR count). The first-order chi connectivity index (χ1) is 13.4. The SMILES string of the molecule is CN(Cc1ccccc1Cl)C(=O)CCCn1c(=O)oc2cc([N+](=O)[O-])ccc21. The lowest BCUT2D eigenvalue weighted by molar-refractivity contribution is -0.384. The third kappa shape index (κ3) is 4.23. The summed E-state index contributed by atoms with van der Waals surface area (Å²) >= 11 is 6.12. The van der Waals surface area contributed by atoms with Crippen molar-refractivity contribution in [3.63, 3.8) is 0 Å². The number of rotatable bonds is 7. The number of aryl methyl sites for hydroxylation is 1. The molecule has 1 amide bonds. The molecule has 0 saturated heterocycles. The number of nitrogens with zero attached hydrogens (tertiary/aromatic N) is 3. The zero-order valence-electron chi connectivity index (χ0n) is 15.1. The molecule has 0 spiro atoms. The molecule has 0 atom stereocenters. The monoisotopic (exact) mass is 403 g/mol. The van der Waals surface area contributed by atoms with Gasteiger partial charge in [-0.3, -0.25) is 19.5 Å². The number of nitro benzene ring substituents is 1. The topological polar surface area (TPSA) is 98.6 Å². The van der Waals surface area contributed by atoms with Gasteiger partial charge in [0.05, 0.1) is 16.5 Å². The molecule has 8 nitrogen and oxygen atoms in total. The number of fused-ring (bicyclic) bond motifs is 1. The van der Waals surface area contributed by atoms with Crippen LogP contribution in [0.4, 0.5) is 5.69 Å². The second kappa shape index (κ2) is 8.26. The van der Waals surface area contributed by atoms with E-state index in [-0.39, 0.29) is 30.1 Å². The summed E-state index contributed by atoms with van der Waals surface area (Å²) in [6.45, 7) is 0.673. The fourth-order valence-corrected chi connectivity index (χ4v) is 3.13. The lowest BCUT2D eigenvalue weighted by Gasteiger charge is -2.18. The van der Waals surface area contributed by atoms with E-state index in [1.165, 1.54) is 22.8 Å². The summed E-state index contributed by atoms with van der Waals surface area (Å²) in [5, 5.41) is 11.4. The van der Waals surface area contributed by atoms with Crippen LogP contribution in [0.1, 0.15) is 18.4 Å². The van der Waals surface area contributed by atoms with Crippen molar-refractivity contribution in [1.82, 2.24) is 9.47 Å². The molecule has 3 aromatic rings. The molecule has 0 fully saturated rings. The van der Waals surface area contributed by atoms with E-state index >= 15 is 0 Å². The maximum Gasteiger partial charge on any atom is 0.419 e. The molecule has 0 aliphatic heterocycles. The zero-order valence-corrected chi connectivity index (χ0v) is 15.9. The van der Waals surface area contributed by atoms with Crippen LogP contribution in [-0.2, 0) is 17.9 Å². The largest absolute Gasteiger partial charge is 0.419 e. The number of oxazole rings is 1. The zero-order chi connectivity index (χ0) is 20.3. The summed E-state index contributed by atoms with van der Waals surface area (Å²) in [4.78, 5) is 36.2. The van der Waals surface area contributed by atoms with Crippen LogP contribution in [0.25, 0.3) is 11.1 Å². The molecule has 146 valence electrons. The number of aromatic nitrogens is 1. The van der Waals surface area contributed by atoms with E-state index in [1.807, 2.05) is 18.2 Å². The van der Waals surface area contributed by atoms with Crippen LogP contribution in [0.2, 0.25) is 5.02 Å². The molecule has 28 heavy (non-hydrogen) atoms. The Morgan fingerprint density at radius 1 is 1.29 bits per heavy atom. The van der Waals surface area contributed by atoms with Gasteiger partial charge >= 0.3 is 5.76 Å². The Balaban J connectivity index is 1.62. The average Bonchev–Trinajstić information content (AvgIpc) is 2.98. The van der Waals surface area contributed by atoms with Gasteiger partial charge in [0.25, 0.3) is 5.69 Å². The standard InChI is InChI=1S/C19H18ClN3O5/c1-21(12-13-5-2-3-6-15(13)20)18(24)7-4-10-22-16-9-8-14(23(26)27)11-17(16)28-19(22)25/h2-3,5-6,8-9,11H,4,7,10,12H2,1H3. The van der Waals surface area contributed by atoms with Gasteiger partial charge in [-0.15, -0.1) is 0 Å². The van der Waals surface area contributed by atoms with Crippen molar-refractivity contribution in [3.05, 3.63) is 73.7 Å². The van der Waals surface area contributed by atoms with E-state index < -0.39 is 10.7 Å². The summed E-state index contributed by atoms with van der Waals surface area (Å²) in [7, 11) is 1.70. The minimum Gasteiger partial charge on any atom is -0.407 e. The van der Waals surface area contributed by atoms with Crippen LogP contribution in [0.3, 0.4) is 0 Å². The Morgan fingerprint density at radius 3 is 2.75 bits per heavy atom. The van der Waals surface area contributed by atoms with E-state index in [1.54, 1.807) is 18.0 Å². The van der Waals surface area contributed by atoms with E-state index in [2.05, 4.69) is 0 Å². The van der Waals surface area contributed by atoms with Gasteiger partial charge in [0.1, 0.15) is 0 Å². The molecule has 0 aliphatic carbocycles. The molecule has 0 N–H and O–H groups in total. The van der Waals surface area contributed by atoms with Crippen LogP contribution in [0.15, 0.2) is 51.7 Å². The van der Waals surface area contributed by atoms with Crippen molar-refractivity contribution < 1.29 is 14.1 Å². The predicted molar refractivity (Wildman–Crippen MR) is 104 cm³/mol. The highest BCUT2D eigenvalue weighted by Gasteiger charge is 2.15. The molecule has 0 unspecified atom stereocenters. The molecule has 1 heterocycles. The predicted octanol–water partition coefficient (Wildman–Crippen LogP) is 3.59. The van der Waals surface area contributed by atoms with Crippen molar-refractivity contribution in [2.24, 2.45) is 0 Å². The summed E-state index contributed by atoms with van der Waals surface area (Å²) in [6.07, 6.45) is 0.671. The van der Waals surface area contributed by atoms with E-state index in [0.717, 1.165) is 5.56 Å². The third-order valence-electron chi connectivity index (χ3n) is 4.43. The van der Waals surface area contributed by atoms with Gasteiger partial charge in [-0.2, -0.15) is 0 Å². The molecule has 9 heteroatoms. The van der Waals surface area contributed by atoms with Gasteiger partial charge in [0.15, 0.2) is 5.58 Å². The fourth-order valence-electron chi connectivity index (χ4n) is 2.93. The molecular formula is C19H18ClN3O5. The maximum atomic E-state index is 12.4. The highest BCUT2D eigenvalue weighted by atomic mass is 35.5. The highest BCUT2D eigenvalue weighted by molar-refractivity contribution is 6.31. The van der Waals surface area contributed by atoms with Gasteiger partial charge in [-0.25, -0.2) is 4.79 Å². The highest BCUT2D eigenvalue weighted by Crippen LogP contribution is 2.21. The third-order valence-corrected chi connectivity index (χ3v) is 4.79. The van der Waals surface area contributed by atoms with Gasteiger partial charge in [-0.1, -0.05) is 29.8 Å². The maximum absolute atomic E-state index is 12.4. The van der Waals surface area contributed by atoms with Crippen LogP contribution >= 0.6 is 11.6 Å². The molecule has 2 aromatic carbocycles. The Labute approximate surface area is 165 Å². The van der Waals surface area contributed by atoms with E-state index in [9.17, 15) is 19.7 Å². The van der Waals surface area contributed by atoms with Crippen LogP contribution in [0, 0.1) is 10.1 Å². The fraction of sp³-hybridized carbons (Fsp3) is 0.263. The molecular weight excluding hydrogens is 386 g/mol. The van der Waals surface area contributed by atoms with Crippen molar-refractivity contribution in [2.45, 2.75) is 25.9 Å². The molecule has 0 bridgehead atoms. The number of halogens is 1. The summed E-state index contributed by atoms with van der Waals surface area (Å²) in [6, 6.07) is 11.3. The Kier molecular flexibility index (Phi) is 5.79. The Bertz CT molecular complexity index is 1090. The van der Waals surface area contributed by atoms with Crippen LogP contribution < -0.4 is 5.76 Å². The molecule has 0 saturated carbocycles. The minimum absolute atomic E-state index is 0.0728. The Morgan fingerprint density at radius 2 is 2.04 bits per heavy atom. The first-order valence-corrected chi connectivity index (χ1v) is 9.00. The molecule has 0 radical (unpaired) electrons. The smallest absolute Gasteiger partial charge is 0.407 e. The number of hydrogen-bond donors (Lipinski definition) is 0. The summed E-state index contributed by atoms with van der Waals surface area (Å²) in [5.74, 6) is -0.677. The van der Waals surface area contributed by atoms with Gasteiger partial charge in [-0.05, 0) is 24.1 Å². The number of non-ortho nitro benzene ring substituents is 1. The van der Waals surface area contributed by atoms with Crippen molar-refractivity contribution in [2.75, 3.05) is 7.05 Å². The Hall–Kier alpha value is -3.13. The van der Waals surface area contributed by atoms with Gasteiger partial charge in [0.2, 0.25) is 5.91 Å². The normalized spacial score (nSPS) is 10.9. The number of carbonyl (C=O) groups excluding carboxylic acids is 1. The van der Waals surface area contributed by atoms with Gasteiger partial charge < -0.3 is 9.32 Å². The van der Waals surface area contributed by atoms with E-state index in [0.29, 0.717) is 23.5 Å². The number of benzene rings is 2. The lowest BCUT2D eigenvalue weighted by atomic mass is 10.2. The quantitative estimate of drug-likeness (QED) is 0.443. The second-order valence-electron chi connectivity index (χ2n) is 6.37. The molecule has 0 aliphatic rings. The average molecular weight is 404 g/mol. The van der Waals surface area contributed by atoms with Crippen molar-refractivity contribution in [3.8, 4) is 0 Å². The first-order valence-electron chi connectivity index (χ1n) is 8.62. The van der Waals surface area contributed by atoms with Crippen molar-refractivity contribution >= 4 is 34.3 Å². The number of amides is 1. The number of carbonyl (C=O) groups is 1. The second-order valence-corrected chi connectivity index (χ2v) is 6.78. The van der Waals surface area contributed by atoms with Crippen LogP contribution in [-0.4, -0.2) is 27.3 Å². The van der Waals surface area contributed by atoms with Gasteiger partial charge in [0, 0.05) is 37.6 Å². The summed E-state index contributed by atoms with van der Waals surface area (Å²) < 4.78 is 6.46. The summed E-state index contributed by atoms with van der Waals surface area (Å²) in [5.41, 5.74) is 1.33.